The van der Waals surface area contributed by atoms with Crippen LogP contribution in [0.15, 0.2) is 24.3 Å². The van der Waals surface area contributed by atoms with Crippen molar-refractivity contribution in [2.75, 3.05) is 0 Å². The maximum atomic E-state index is 11.8. The van der Waals surface area contributed by atoms with Gasteiger partial charge >= 0.3 is 0 Å². The van der Waals surface area contributed by atoms with Crippen molar-refractivity contribution >= 4 is 0 Å². The maximum Gasteiger partial charge on any atom is 0.0602 e. The summed E-state index contributed by atoms with van der Waals surface area (Å²) in [6, 6.07) is 0. The zero-order chi connectivity index (χ0) is 23.3. The van der Waals surface area contributed by atoms with Crippen molar-refractivity contribution in [2.24, 2.45) is 52.3 Å². The molecule has 0 spiro atoms. The van der Waals surface area contributed by atoms with Gasteiger partial charge in [0.2, 0.25) is 0 Å². The standard InChI is InChI=1S/C30H50O2/c1-7-9-22-24-13-12-21-25-15-14-23(20(4)11-8-10-19(2)3)30(25,6)28(32)18-26(21)29(24,5)17-16-27(22)31/h7,10,20-28,31-32H,1,8-9,11-18H2,2-6H3/t20-,21?,22+,23-,24+,25?,26?,27-,28+,29+,30-/m1/s1. The van der Waals surface area contributed by atoms with Crippen LogP contribution in [0, 0.1) is 52.3 Å². The number of hydrogen-bond donors (Lipinski definition) is 2. The summed E-state index contributed by atoms with van der Waals surface area (Å²) < 4.78 is 0. The highest BCUT2D eigenvalue weighted by Gasteiger charge is 2.64. The van der Waals surface area contributed by atoms with E-state index in [2.05, 4.69) is 47.3 Å². The van der Waals surface area contributed by atoms with Crippen LogP contribution in [0.25, 0.3) is 0 Å². The van der Waals surface area contributed by atoms with Gasteiger partial charge in [-0.15, -0.1) is 6.58 Å². The van der Waals surface area contributed by atoms with Crippen LogP contribution in [0.1, 0.15) is 98.8 Å². The Morgan fingerprint density at radius 3 is 2.44 bits per heavy atom. The second-order valence-electron chi connectivity index (χ2n) is 13.0. The molecule has 4 fully saturated rings. The lowest BCUT2D eigenvalue weighted by molar-refractivity contribution is -0.187. The zero-order valence-corrected chi connectivity index (χ0v) is 21.5. The van der Waals surface area contributed by atoms with Gasteiger partial charge in [-0.25, -0.2) is 0 Å². The van der Waals surface area contributed by atoms with Gasteiger partial charge in [-0.05, 0) is 130 Å². The molecule has 0 radical (unpaired) electrons. The molecular formula is C30H50O2. The van der Waals surface area contributed by atoms with E-state index in [4.69, 9.17) is 0 Å². The third-order valence-electron chi connectivity index (χ3n) is 11.4. The van der Waals surface area contributed by atoms with Gasteiger partial charge in [-0.1, -0.05) is 38.5 Å². The monoisotopic (exact) mass is 442 g/mol. The zero-order valence-electron chi connectivity index (χ0n) is 21.5. The molecular weight excluding hydrogens is 392 g/mol. The van der Waals surface area contributed by atoms with Crippen molar-refractivity contribution in [3.8, 4) is 0 Å². The first kappa shape index (κ1) is 24.5. The first-order valence-electron chi connectivity index (χ1n) is 13.7. The normalized spacial score (nSPS) is 48.8. The summed E-state index contributed by atoms with van der Waals surface area (Å²) in [5.74, 6) is 4.34. The molecule has 0 amide bonds. The predicted molar refractivity (Wildman–Crippen MR) is 134 cm³/mol. The van der Waals surface area contributed by atoms with E-state index in [1.165, 1.54) is 44.1 Å². The lowest BCUT2D eigenvalue weighted by Crippen LogP contribution is -2.60. The molecule has 32 heavy (non-hydrogen) atoms. The molecule has 4 saturated carbocycles. The van der Waals surface area contributed by atoms with Crippen molar-refractivity contribution in [3.05, 3.63) is 24.3 Å². The molecule has 3 unspecified atom stereocenters. The van der Waals surface area contributed by atoms with Crippen LogP contribution >= 0.6 is 0 Å². The third kappa shape index (κ3) is 3.86. The van der Waals surface area contributed by atoms with Gasteiger partial charge in [-0.3, -0.25) is 0 Å². The number of rotatable bonds is 6. The molecule has 0 heterocycles. The van der Waals surface area contributed by atoms with Gasteiger partial charge in [0, 0.05) is 0 Å². The molecule has 4 aliphatic rings. The highest BCUT2D eigenvalue weighted by atomic mass is 16.3. The Labute approximate surface area is 198 Å². The molecule has 0 bridgehead atoms. The molecule has 0 aromatic carbocycles. The Morgan fingerprint density at radius 2 is 1.75 bits per heavy atom. The van der Waals surface area contributed by atoms with E-state index in [0.29, 0.717) is 35.5 Å². The van der Waals surface area contributed by atoms with Crippen molar-refractivity contribution in [2.45, 2.75) is 111 Å². The Kier molecular flexibility index (Phi) is 7.06. The maximum absolute atomic E-state index is 11.8. The van der Waals surface area contributed by atoms with Gasteiger partial charge in [0.1, 0.15) is 0 Å². The number of allylic oxidation sites excluding steroid dienone is 3. The molecule has 2 nitrogen and oxygen atoms in total. The molecule has 4 aliphatic carbocycles. The van der Waals surface area contributed by atoms with E-state index in [1.54, 1.807) is 0 Å². The summed E-state index contributed by atoms with van der Waals surface area (Å²) >= 11 is 0. The molecule has 2 N–H and O–H groups in total. The fraction of sp³-hybridized carbons (Fsp3) is 0.867. The van der Waals surface area contributed by atoms with Gasteiger partial charge in [-0.2, -0.15) is 0 Å². The second kappa shape index (κ2) is 9.21. The van der Waals surface area contributed by atoms with Gasteiger partial charge < -0.3 is 10.2 Å². The van der Waals surface area contributed by atoms with E-state index < -0.39 is 0 Å². The summed E-state index contributed by atoms with van der Waals surface area (Å²) in [4.78, 5) is 0. The van der Waals surface area contributed by atoms with Gasteiger partial charge in [0.05, 0.1) is 12.2 Å². The Balaban J connectivity index is 1.56. The fourth-order valence-corrected chi connectivity index (χ4v) is 9.78. The largest absolute Gasteiger partial charge is 0.393 e. The number of aliphatic hydroxyl groups excluding tert-OH is 2. The number of hydrogen-bond acceptors (Lipinski definition) is 2. The minimum atomic E-state index is -0.174. The lowest BCUT2D eigenvalue weighted by Gasteiger charge is -2.63. The highest BCUT2D eigenvalue weighted by Crippen LogP contribution is 2.69. The van der Waals surface area contributed by atoms with Crippen molar-refractivity contribution in [1.29, 1.82) is 0 Å². The van der Waals surface area contributed by atoms with Crippen molar-refractivity contribution in [3.63, 3.8) is 0 Å². The summed E-state index contributed by atoms with van der Waals surface area (Å²) in [5.41, 5.74) is 1.78. The third-order valence-corrected chi connectivity index (χ3v) is 11.4. The van der Waals surface area contributed by atoms with Crippen molar-refractivity contribution < 1.29 is 10.2 Å². The molecule has 0 aliphatic heterocycles. The van der Waals surface area contributed by atoms with Crippen LogP contribution in [0.2, 0.25) is 0 Å². The summed E-state index contributed by atoms with van der Waals surface area (Å²) in [6.07, 6.45) is 15.7. The average molecular weight is 443 g/mol. The van der Waals surface area contributed by atoms with E-state index in [-0.39, 0.29) is 23.0 Å². The summed E-state index contributed by atoms with van der Waals surface area (Å²) in [5, 5.41) is 22.6. The Morgan fingerprint density at radius 1 is 1.03 bits per heavy atom. The fourth-order valence-electron chi connectivity index (χ4n) is 9.78. The predicted octanol–water partition coefficient (Wildman–Crippen LogP) is 7.16. The van der Waals surface area contributed by atoms with Crippen molar-refractivity contribution in [1.82, 2.24) is 0 Å². The van der Waals surface area contributed by atoms with E-state index in [0.717, 1.165) is 31.6 Å². The van der Waals surface area contributed by atoms with E-state index >= 15 is 0 Å². The molecule has 4 rings (SSSR count). The summed E-state index contributed by atoms with van der Waals surface area (Å²) in [6.45, 7) is 15.8. The first-order valence-corrected chi connectivity index (χ1v) is 13.7. The van der Waals surface area contributed by atoms with E-state index in [9.17, 15) is 10.2 Å². The molecule has 0 aromatic heterocycles. The van der Waals surface area contributed by atoms with Crippen LogP contribution in [0.4, 0.5) is 0 Å². The minimum Gasteiger partial charge on any atom is -0.393 e. The molecule has 2 heteroatoms. The van der Waals surface area contributed by atoms with Crippen LogP contribution in [0.3, 0.4) is 0 Å². The lowest BCUT2D eigenvalue weighted by atomic mass is 9.42. The Hall–Kier alpha value is -0.600. The minimum absolute atomic E-state index is 0.0868. The average Bonchev–Trinajstić information content (AvgIpc) is 3.10. The first-order chi connectivity index (χ1) is 15.1. The highest BCUT2D eigenvalue weighted by molar-refractivity contribution is 5.13. The molecule has 11 atom stereocenters. The number of aliphatic hydroxyl groups is 2. The summed E-state index contributed by atoms with van der Waals surface area (Å²) in [7, 11) is 0. The molecule has 182 valence electrons. The van der Waals surface area contributed by atoms with Crippen LogP contribution in [-0.2, 0) is 0 Å². The smallest absolute Gasteiger partial charge is 0.0602 e. The Bertz CT molecular complexity index is 708. The second-order valence-corrected chi connectivity index (χ2v) is 13.0. The van der Waals surface area contributed by atoms with E-state index in [1.807, 2.05) is 6.08 Å². The molecule has 0 aromatic rings. The quantitative estimate of drug-likeness (QED) is 0.428. The van der Waals surface area contributed by atoms with Crippen LogP contribution in [-0.4, -0.2) is 22.4 Å². The van der Waals surface area contributed by atoms with Crippen LogP contribution in [0.5, 0.6) is 0 Å². The SMILES string of the molecule is C=CC[C@@H]1[C@H](O)CC[C@]2(C)C3C[C@H](O)[C@@]4(C)C(CC[C@@H]4[C@H](C)CCC=C(C)C)C3CC[C@@H]12. The van der Waals surface area contributed by atoms with Crippen LogP contribution < -0.4 is 0 Å². The number of fused-ring (bicyclic) bond motifs is 5. The molecule has 0 saturated heterocycles. The topological polar surface area (TPSA) is 40.5 Å². The van der Waals surface area contributed by atoms with Gasteiger partial charge in [0.15, 0.2) is 0 Å². The van der Waals surface area contributed by atoms with Gasteiger partial charge in [0.25, 0.3) is 0 Å².